The minimum absolute atomic E-state index is 0.510. The summed E-state index contributed by atoms with van der Waals surface area (Å²) in [6, 6.07) is 16.0. The third-order valence-electron chi connectivity index (χ3n) is 4.22. The second-order valence-corrected chi connectivity index (χ2v) is 6.69. The molecule has 3 aromatic rings. The first-order chi connectivity index (χ1) is 12.6. The van der Waals surface area contributed by atoms with E-state index in [9.17, 15) is 5.26 Å². The van der Waals surface area contributed by atoms with Crippen molar-refractivity contribution in [1.29, 1.82) is 5.26 Å². The summed E-state index contributed by atoms with van der Waals surface area (Å²) in [5.41, 5.74) is 5.71. The number of nitriles is 1. The fraction of sp³-hybridized carbons (Fsp3) is 0.143. The number of nitrogens with one attached hydrogen (secondary N) is 1. The molecule has 1 heterocycles. The minimum Gasteiger partial charge on any atom is -0.497 e. The molecule has 5 heteroatoms. The van der Waals surface area contributed by atoms with Gasteiger partial charge in [-0.2, -0.15) is 5.26 Å². The topological polar surface area (TPSA) is 57.9 Å². The zero-order valence-electron chi connectivity index (χ0n) is 14.9. The summed E-state index contributed by atoms with van der Waals surface area (Å²) in [5.74, 6) is 0.805. The Morgan fingerprint density at radius 3 is 2.65 bits per heavy atom. The molecule has 0 fully saturated rings. The van der Waals surface area contributed by atoms with Crippen molar-refractivity contribution >= 4 is 22.6 Å². The van der Waals surface area contributed by atoms with Gasteiger partial charge >= 0.3 is 0 Å². The maximum atomic E-state index is 9.52. The number of aryl methyl sites for hydroxylation is 1. The number of benzene rings is 2. The van der Waals surface area contributed by atoms with Crippen molar-refractivity contribution in [2.24, 2.45) is 0 Å². The molecule has 1 N–H and O–H groups in total. The molecule has 0 saturated heterocycles. The second kappa shape index (κ2) is 7.85. The molecule has 0 aliphatic rings. The normalized spacial score (nSPS) is 11.1. The number of thiazole rings is 1. The van der Waals surface area contributed by atoms with Gasteiger partial charge in [0.25, 0.3) is 0 Å². The quantitative estimate of drug-likeness (QED) is 0.617. The van der Waals surface area contributed by atoms with Gasteiger partial charge in [0.2, 0.25) is 0 Å². The molecule has 26 heavy (non-hydrogen) atoms. The van der Waals surface area contributed by atoms with Crippen molar-refractivity contribution in [1.82, 2.24) is 4.98 Å². The van der Waals surface area contributed by atoms with Gasteiger partial charge in [-0.15, -0.1) is 11.3 Å². The van der Waals surface area contributed by atoms with Crippen LogP contribution in [0.1, 0.15) is 16.1 Å². The number of aromatic nitrogens is 1. The Hall–Kier alpha value is -3.10. The zero-order valence-corrected chi connectivity index (χ0v) is 15.7. The van der Waals surface area contributed by atoms with E-state index < -0.39 is 0 Å². The van der Waals surface area contributed by atoms with Crippen LogP contribution in [-0.4, -0.2) is 12.1 Å². The largest absolute Gasteiger partial charge is 0.497 e. The van der Waals surface area contributed by atoms with Gasteiger partial charge in [-0.3, -0.25) is 0 Å². The lowest BCUT2D eigenvalue weighted by atomic mass is 10.1. The third kappa shape index (κ3) is 3.76. The summed E-state index contributed by atoms with van der Waals surface area (Å²) < 4.78 is 5.18. The van der Waals surface area contributed by atoms with E-state index in [-0.39, 0.29) is 0 Å². The molecule has 0 saturated carbocycles. The van der Waals surface area contributed by atoms with Crippen molar-refractivity contribution in [2.75, 3.05) is 12.4 Å². The number of anilines is 1. The molecule has 0 aliphatic carbocycles. The van der Waals surface area contributed by atoms with Crippen LogP contribution in [0.2, 0.25) is 0 Å². The summed E-state index contributed by atoms with van der Waals surface area (Å²) >= 11 is 1.46. The number of allylic oxidation sites excluding steroid dienone is 1. The predicted octanol–water partition coefficient (Wildman–Crippen LogP) is 5.41. The van der Waals surface area contributed by atoms with E-state index in [0.717, 1.165) is 22.7 Å². The fourth-order valence-electron chi connectivity index (χ4n) is 2.49. The molecule has 3 rings (SSSR count). The smallest absolute Gasteiger partial charge is 0.136 e. The molecule has 0 atom stereocenters. The average Bonchev–Trinajstić information content (AvgIpc) is 3.15. The molecule has 0 amide bonds. The zero-order chi connectivity index (χ0) is 18.5. The second-order valence-electron chi connectivity index (χ2n) is 5.83. The Morgan fingerprint density at radius 2 is 1.96 bits per heavy atom. The van der Waals surface area contributed by atoms with Crippen molar-refractivity contribution in [3.63, 3.8) is 0 Å². The molecule has 0 aliphatic heterocycles. The first-order valence-corrected chi connectivity index (χ1v) is 9.03. The fourth-order valence-corrected chi connectivity index (χ4v) is 3.29. The van der Waals surface area contributed by atoms with Crippen LogP contribution >= 0.6 is 11.3 Å². The first kappa shape index (κ1) is 17.7. The molecule has 2 aromatic carbocycles. The SMILES string of the molecule is COc1ccc(-c2csc(/C(C#N)=C\Nc3cccc(C)c3C)n2)cc1. The van der Waals surface area contributed by atoms with Gasteiger partial charge < -0.3 is 10.1 Å². The molecular weight excluding hydrogens is 342 g/mol. The van der Waals surface area contributed by atoms with Crippen LogP contribution in [0.25, 0.3) is 16.8 Å². The Bertz CT molecular complexity index is 981. The van der Waals surface area contributed by atoms with Gasteiger partial charge in [0, 0.05) is 22.8 Å². The Balaban J connectivity index is 1.83. The summed E-state index contributed by atoms with van der Waals surface area (Å²) in [6.45, 7) is 4.13. The lowest BCUT2D eigenvalue weighted by Gasteiger charge is -2.08. The average molecular weight is 361 g/mol. The van der Waals surface area contributed by atoms with Gasteiger partial charge in [-0.25, -0.2) is 4.98 Å². The minimum atomic E-state index is 0.510. The lowest BCUT2D eigenvalue weighted by Crippen LogP contribution is -1.95. The van der Waals surface area contributed by atoms with Gasteiger partial charge in [0.15, 0.2) is 0 Å². The highest BCUT2D eigenvalue weighted by Gasteiger charge is 2.09. The molecule has 130 valence electrons. The lowest BCUT2D eigenvalue weighted by molar-refractivity contribution is 0.415. The van der Waals surface area contributed by atoms with Crippen LogP contribution < -0.4 is 10.1 Å². The van der Waals surface area contributed by atoms with E-state index in [0.29, 0.717) is 10.6 Å². The molecule has 0 bridgehead atoms. The Labute approximate surface area is 157 Å². The van der Waals surface area contributed by atoms with Gasteiger partial charge in [-0.1, -0.05) is 12.1 Å². The summed E-state index contributed by atoms with van der Waals surface area (Å²) in [6.07, 6.45) is 1.72. The molecular formula is C21H19N3OS. The number of rotatable bonds is 5. The predicted molar refractivity (Wildman–Crippen MR) is 107 cm³/mol. The summed E-state index contributed by atoms with van der Waals surface area (Å²) in [5, 5.41) is 15.4. The van der Waals surface area contributed by atoms with Crippen LogP contribution in [0.5, 0.6) is 5.75 Å². The maximum absolute atomic E-state index is 9.52. The molecule has 0 radical (unpaired) electrons. The standard InChI is InChI=1S/C21H19N3OS/c1-14-5-4-6-19(15(14)2)23-12-17(11-22)21-24-20(13-26-21)16-7-9-18(25-3)10-8-16/h4-10,12-13,23H,1-3H3/b17-12-. The molecule has 4 nitrogen and oxygen atoms in total. The maximum Gasteiger partial charge on any atom is 0.136 e. The number of nitrogens with zero attached hydrogens (tertiary/aromatic N) is 2. The molecule has 0 spiro atoms. The highest BCUT2D eigenvalue weighted by atomic mass is 32.1. The van der Waals surface area contributed by atoms with E-state index in [2.05, 4.69) is 36.3 Å². The van der Waals surface area contributed by atoms with Crippen molar-refractivity contribution in [2.45, 2.75) is 13.8 Å². The number of ether oxygens (including phenoxy) is 1. The summed E-state index contributed by atoms with van der Waals surface area (Å²) in [4.78, 5) is 4.61. The third-order valence-corrected chi connectivity index (χ3v) is 5.09. The van der Waals surface area contributed by atoms with Crippen LogP contribution in [0.15, 0.2) is 54.0 Å². The highest BCUT2D eigenvalue weighted by Crippen LogP contribution is 2.27. The first-order valence-electron chi connectivity index (χ1n) is 8.15. The van der Waals surface area contributed by atoms with Gasteiger partial charge in [0.05, 0.1) is 12.8 Å². The van der Waals surface area contributed by atoms with Crippen LogP contribution in [0.4, 0.5) is 5.69 Å². The van der Waals surface area contributed by atoms with Crippen molar-refractivity contribution in [3.05, 3.63) is 70.2 Å². The summed E-state index contributed by atoms with van der Waals surface area (Å²) in [7, 11) is 1.64. The van der Waals surface area contributed by atoms with Crippen molar-refractivity contribution in [3.8, 4) is 23.1 Å². The Morgan fingerprint density at radius 1 is 1.19 bits per heavy atom. The Kier molecular flexibility index (Phi) is 5.35. The molecule has 1 aromatic heterocycles. The number of methoxy groups -OCH3 is 1. The van der Waals surface area contributed by atoms with Gasteiger partial charge in [0.1, 0.15) is 22.4 Å². The highest BCUT2D eigenvalue weighted by molar-refractivity contribution is 7.11. The molecule has 0 unspecified atom stereocenters. The van der Waals surface area contributed by atoms with E-state index in [4.69, 9.17) is 4.74 Å². The van der Waals surface area contributed by atoms with Crippen LogP contribution in [0, 0.1) is 25.2 Å². The van der Waals surface area contributed by atoms with E-state index in [1.54, 1.807) is 13.3 Å². The van der Waals surface area contributed by atoms with E-state index in [1.807, 2.05) is 41.8 Å². The van der Waals surface area contributed by atoms with Gasteiger partial charge in [-0.05, 0) is 55.3 Å². The number of hydrogen-bond donors (Lipinski definition) is 1. The van der Waals surface area contributed by atoms with Crippen LogP contribution in [0.3, 0.4) is 0 Å². The number of hydrogen-bond acceptors (Lipinski definition) is 5. The monoisotopic (exact) mass is 361 g/mol. The van der Waals surface area contributed by atoms with Crippen molar-refractivity contribution < 1.29 is 4.74 Å². The van der Waals surface area contributed by atoms with E-state index >= 15 is 0 Å². The van der Waals surface area contributed by atoms with E-state index in [1.165, 1.54) is 22.5 Å². The van der Waals surface area contributed by atoms with Crippen LogP contribution in [-0.2, 0) is 0 Å².